The van der Waals surface area contributed by atoms with Crippen molar-refractivity contribution < 1.29 is 14.4 Å². The Bertz CT molecular complexity index is 584. The Morgan fingerprint density at radius 1 is 1.45 bits per heavy atom. The number of hydrogen-bond acceptors (Lipinski definition) is 5. The molecule has 0 spiro atoms. The van der Waals surface area contributed by atoms with E-state index in [1.165, 1.54) is 0 Å². The number of aliphatic hydroxyl groups is 1. The summed E-state index contributed by atoms with van der Waals surface area (Å²) in [6, 6.07) is 5.21. The molecule has 0 amide bonds. The molecule has 0 saturated heterocycles. The summed E-state index contributed by atoms with van der Waals surface area (Å²) in [5.74, 6) is 1.26. The van der Waals surface area contributed by atoms with Crippen LogP contribution in [-0.2, 0) is 0 Å². The Morgan fingerprint density at radius 3 is 2.80 bits per heavy atom. The van der Waals surface area contributed by atoms with Gasteiger partial charge in [-0.2, -0.15) is 4.98 Å². The van der Waals surface area contributed by atoms with Crippen molar-refractivity contribution in [2.45, 2.75) is 32.3 Å². The zero-order valence-corrected chi connectivity index (χ0v) is 12.4. The van der Waals surface area contributed by atoms with E-state index < -0.39 is 6.10 Å². The van der Waals surface area contributed by atoms with Crippen LogP contribution in [0.2, 0.25) is 5.02 Å². The molecule has 1 aromatic carbocycles. The lowest BCUT2D eigenvalue weighted by atomic mass is 10.0. The SMILES string of the molecule is CCC(c1nc(-c2ccc(Cl)cc2OC)no1)C(C)O. The van der Waals surface area contributed by atoms with Crippen LogP contribution in [0.15, 0.2) is 22.7 Å². The van der Waals surface area contributed by atoms with Crippen LogP contribution in [-0.4, -0.2) is 28.5 Å². The molecule has 5 nitrogen and oxygen atoms in total. The van der Waals surface area contributed by atoms with Crippen LogP contribution in [0, 0.1) is 0 Å². The molecule has 0 aliphatic rings. The number of aromatic nitrogens is 2. The van der Waals surface area contributed by atoms with Gasteiger partial charge in [0.25, 0.3) is 0 Å². The molecule has 0 bridgehead atoms. The lowest BCUT2D eigenvalue weighted by Crippen LogP contribution is -2.14. The molecule has 1 aromatic heterocycles. The number of nitrogens with zero attached hydrogens (tertiary/aromatic N) is 2. The van der Waals surface area contributed by atoms with Crippen molar-refractivity contribution in [2.75, 3.05) is 7.11 Å². The van der Waals surface area contributed by atoms with E-state index >= 15 is 0 Å². The zero-order valence-electron chi connectivity index (χ0n) is 11.6. The van der Waals surface area contributed by atoms with Crippen molar-refractivity contribution in [3.63, 3.8) is 0 Å². The predicted octanol–water partition coefficient (Wildman–Crippen LogP) is 3.27. The molecule has 108 valence electrons. The third-order valence-electron chi connectivity index (χ3n) is 3.19. The fourth-order valence-electron chi connectivity index (χ4n) is 2.07. The van der Waals surface area contributed by atoms with Gasteiger partial charge in [0, 0.05) is 5.02 Å². The molecule has 0 saturated carbocycles. The molecule has 20 heavy (non-hydrogen) atoms. The fourth-order valence-corrected chi connectivity index (χ4v) is 2.23. The first kappa shape index (κ1) is 14.8. The molecule has 2 aromatic rings. The largest absolute Gasteiger partial charge is 0.496 e. The van der Waals surface area contributed by atoms with E-state index in [1.54, 1.807) is 32.2 Å². The Morgan fingerprint density at radius 2 is 2.20 bits per heavy atom. The molecular formula is C14H17ClN2O3. The summed E-state index contributed by atoms with van der Waals surface area (Å²) >= 11 is 5.93. The van der Waals surface area contributed by atoms with Crippen molar-refractivity contribution >= 4 is 11.6 Å². The lowest BCUT2D eigenvalue weighted by molar-refractivity contribution is 0.141. The Kier molecular flexibility index (Phi) is 4.62. The number of aliphatic hydroxyl groups excluding tert-OH is 1. The van der Waals surface area contributed by atoms with E-state index in [1.807, 2.05) is 6.92 Å². The smallest absolute Gasteiger partial charge is 0.232 e. The second-order valence-electron chi connectivity index (χ2n) is 4.56. The summed E-state index contributed by atoms with van der Waals surface area (Å²) < 4.78 is 10.5. The molecule has 0 aliphatic heterocycles. The van der Waals surface area contributed by atoms with Crippen molar-refractivity contribution in [2.24, 2.45) is 0 Å². The minimum atomic E-state index is -0.541. The van der Waals surface area contributed by atoms with Crippen LogP contribution >= 0.6 is 11.6 Å². The highest BCUT2D eigenvalue weighted by Gasteiger charge is 2.23. The van der Waals surface area contributed by atoms with Gasteiger partial charge in [-0.15, -0.1) is 0 Å². The maximum absolute atomic E-state index is 9.71. The van der Waals surface area contributed by atoms with E-state index in [2.05, 4.69) is 10.1 Å². The predicted molar refractivity (Wildman–Crippen MR) is 76.0 cm³/mol. The quantitative estimate of drug-likeness (QED) is 0.917. The summed E-state index contributed by atoms with van der Waals surface area (Å²) in [5.41, 5.74) is 0.701. The fraction of sp³-hybridized carbons (Fsp3) is 0.429. The van der Waals surface area contributed by atoms with E-state index in [-0.39, 0.29) is 5.92 Å². The van der Waals surface area contributed by atoms with Gasteiger partial charge < -0.3 is 14.4 Å². The Balaban J connectivity index is 2.38. The summed E-state index contributed by atoms with van der Waals surface area (Å²) in [6.07, 6.45) is 0.178. The maximum atomic E-state index is 9.71. The van der Waals surface area contributed by atoms with Crippen LogP contribution in [0.5, 0.6) is 5.75 Å². The van der Waals surface area contributed by atoms with Crippen LogP contribution in [0.3, 0.4) is 0 Å². The molecule has 2 rings (SSSR count). The molecule has 0 aliphatic carbocycles. The monoisotopic (exact) mass is 296 g/mol. The zero-order chi connectivity index (χ0) is 14.7. The summed E-state index contributed by atoms with van der Waals surface area (Å²) in [6.45, 7) is 3.67. The van der Waals surface area contributed by atoms with Gasteiger partial charge in [-0.1, -0.05) is 23.7 Å². The van der Waals surface area contributed by atoms with Gasteiger partial charge in [-0.05, 0) is 31.5 Å². The number of halogens is 1. The minimum Gasteiger partial charge on any atom is -0.496 e. The van der Waals surface area contributed by atoms with E-state index in [9.17, 15) is 5.11 Å². The summed E-state index contributed by atoms with van der Waals surface area (Å²) in [4.78, 5) is 4.35. The van der Waals surface area contributed by atoms with Gasteiger partial charge in [-0.3, -0.25) is 0 Å². The standard InChI is InChI=1S/C14H17ClN2O3/c1-4-10(8(2)18)14-16-13(17-20-14)11-6-5-9(15)7-12(11)19-3/h5-8,10,18H,4H2,1-3H3. The minimum absolute atomic E-state index is 0.172. The Hall–Kier alpha value is -1.59. The van der Waals surface area contributed by atoms with Crippen molar-refractivity contribution in [1.82, 2.24) is 10.1 Å². The molecule has 2 atom stereocenters. The second-order valence-corrected chi connectivity index (χ2v) is 4.99. The lowest BCUT2D eigenvalue weighted by Gasteiger charge is -2.12. The number of hydrogen-bond donors (Lipinski definition) is 1. The third kappa shape index (κ3) is 2.94. The van der Waals surface area contributed by atoms with E-state index in [0.717, 1.165) is 6.42 Å². The van der Waals surface area contributed by atoms with E-state index in [4.69, 9.17) is 20.9 Å². The molecule has 6 heteroatoms. The van der Waals surface area contributed by atoms with Crippen molar-refractivity contribution in [3.05, 3.63) is 29.1 Å². The van der Waals surface area contributed by atoms with Gasteiger partial charge in [0.15, 0.2) is 0 Å². The maximum Gasteiger partial charge on any atom is 0.232 e. The topological polar surface area (TPSA) is 68.4 Å². The van der Waals surface area contributed by atoms with E-state index in [0.29, 0.717) is 28.1 Å². The van der Waals surface area contributed by atoms with Crippen molar-refractivity contribution in [3.8, 4) is 17.1 Å². The average molecular weight is 297 g/mol. The molecule has 1 heterocycles. The first-order chi connectivity index (χ1) is 9.56. The summed E-state index contributed by atoms with van der Waals surface area (Å²) in [5, 5.41) is 14.2. The molecule has 0 fully saturated rings. The van der Waals surface area contributed by atoms with Crippen LogP contribution < -0.4 is 4.74 Å². The normalized spacial score (nSPS) is 14.1. The van der Waals surface area contributed by atoms with Gasteiger partial charge in [-0.25, -0.2) is 0 Å². The van der Waals surface area contributed by atoms with Gasteiger partial charge in [0.05, 0.1) is 24.7 Å². The van der Waals surface area contributed by atoms with Crippen molar-refractivity contribution in [1.29, 1.82) is 0 Å². The number of benzene rings is 1. The highest BCUT2D eigenvalue weighted by molar-refractivity contribution is 6.30. The third-order valence-corrected chi connectivity index (χ3v) is 3.42. The molecule has 1 N–H and O–H groups in total. The van der Waals surface area contributed by atoms with Gasteiger partial charge in [0.1, 0.15) is 5.75 Å². The number of rotatable bonds is 5. The Labute approximate surface area is 122 Å². The molecule has 0 radical (unpaired) electrons. The number of methoxy groups -OCH3 is 1. The average Bonchev–Trinajstić information content (AvgIpc) is 2.88. The van der Waals surface area contributed by atoms with Crippen LogP contribution in [0.1, 0.15) is 32.1 Å². The number of ether oxygens (including phenoxy) is 1. The van der Waals surface area contributed by atoms with Gasteiger partial charge in [0.2, 0.25) is 11.7 Å². The highest BCUT2D eigenvalue weighted by atomic mass is 35.5. The molecule has 2 unspecified atom stereocenters. The van der Waals surface area contributed by atoms with Crippen LogP contribution in [0.4, 0.5) is 0 Å². The highest BCUT2D eigenvalue weighted by Crippen LogP contribution is 2.32. The first-order valence-corrected chi connectivity index (χ1v) is 6.80. The second kappa shape index (κ2) is 6.24. The van der Waals surface area contributed by atoms with Crippen LogP contribution in [0.25, 0.3) is 11.4 Å². The van der Waals surface area contributed by atoms with Gasteiger partial charge >= 0.3 is 0 Å². The summed E-state index contributed by atoms with van der Waals surface area (Å²) in [7, 11) is 1.56. The molecular weight excluding hydrogens is 280 g/mol. The first-order valence-electron chi connectivity index (χ1n) is 6.42.